The second-order valence-corrected chi connectivity index (χ2v) is 3.91. The first kappa shape index (κ1) is 8.69. The number of aliphatic imine (C=N–C) groups is 1. The number of hydrogen-bond acceptors (Lipinski definition) is 4. The van der Waals surface area contributed by atoms with Crippen LogP contribution < -0.4 is 11.1 Å². The molecule has 4 heteroatoms. The predicted octanol–water partition coefficient (Wildman–Crippen LogP) is 1.01. The van der Waals surface area contributed by atoms with Crippen molar-refractivity contribution in [2.75, 3.05) is 0 Å². The Kier molecular flexibility index (Phi) is 2.07. The summed E-state index contributed by atoms with van der Waals surface area (Å²) in [6.07, 6.45) is 5.29. The van der Waals surface area contributed by atoms with E-state index in [1.54, 1.807) is 0 Å². The molecule has 2 aliphatic rings. The average molecular weight is 195 g/mol. The van der Waals surface area contributed by atoms with Gasteiger partial charge in [-0.15, -0.1) is 12.6 Å². The first-order chi connectivity index (χ1) is 6.18. The van der Waals surface area contributed by atoms with E-state index in [-0.39, 0.29) is 5.37 Å². The highest BCUT2D eigenvalue weighted by Crippen LogP contribution is 2.29. The van der Waals surface area contributed by atoms with Crippen LogP contribution in [0.5, 0.6) is 0 Å². The van der Waals surface area contributed by atoms with Crippen LogP contribution in [0.15, 0.2) is 28.4 Å². The standard InChI is InChI=1S/C9H13N3S/c1-5-3-2-4-6-7(5)11-9(10)12-8(6)13/h2,4-5,8,13H,3H2,1H3,(H3,10,11,12)/t5-,8?/m0/s1. The molecule has 0 radical (unpaired) electrons. The molecule has 0 aromatic heterocycles. The Morgan fingerprint density at radius 1 is 1.69 bits per heavy atom. The van der Waals surface area contributed by atoms with E-state index >= 15 is 0 Å². The van der Waals surface area contributed by atoms with Gasteiger partial charge in [0.2, 0.25) is 0 Å². The summed E-state index contributed by atoms with van der Waals surface area (Å²) in [5.74, 6) is 0.963. The molecule has 0 aromatic carbocycles. The van der Waals surface area contributed by atoms with Gasteiger partial charge in [0.05, 0.1) is 0 Å². The van der Waals surface area contributed by atoms with Gasteiger partial charge >= 0.3 is 0 Å². The summed E-state index contributed by atoms with van der Waals surface area (Å²) in [6.45, 7) is 2.17. The van der Waals surface area contributed by atoms with Gasteiger partial charge in [-0.2, -0.15) is 0 Å². The fourth-order valence-corrected chi connectivity index (χ4v) is 2.03. The van der Waals surface area contributed by atoms with E-state index in [0.29, 0.717) is 11.9 Å². The normalized spacial score (nSPS) is 32.3. The molecule has 0 aromatic rings. The summed E-state index contributed by atoms with van der Waals surface area (Å²) in [7, 11) is 0. The van der Waals surface area contributed by atoms with Crippen LogP contribution in [0.4, 0.5) is 0 Å². The predicted molar refractivity (Wildman–Crippen MR) is 57.5 cm³/mol. The Morgan fingerprint density at radius 3 is 3.23 bits per heavy atom. The van der Waals surface area contributed by atoms with E-state index < -0.39 is 0 Å². The number of guanidine groups is 1. The fraction of sp³-hybridized carbons (Fsp3) is 0.444. The highest BCUT2D eigenvalue weighted by atomic mass is 32.1. The van der Waals surface area contributed by atoms with Gasteiger partial charge < -0.3 is 11.1 Å². The summed E-state index contributed by atoms with van der Waals surface area (Å²) >= 11 is 4.37. The summed E-state index contributed by atoms with van der Waals surface area (Å²) < 4.78 is 0. The molecule has 0 bridgehead atoms. The van der Waals surface area contributed by atoms with Gasteiger partial charge in [-0.25, -0.2) is 4.99 Å². The molecule has 0 amide bonds. The Balaban J connectivity index is 2.36. The molecule has 1 unspecified atom stereocenters. The number of thiol groups is 1. The van der Waals surface area contributed by atoms with Crippen molar-refractivity contribution in [1.82, 2.24) is 5.32 Å². The molecular formula is C9H13N3S. The van der Waals surface area contributed by atoms with Gasteiger partial charge in [-0.05, 0) is 6.42 Å². The van der Waals surface area contributed by atoms with Crippen molar-refractivity contribution in [3.05, 3.63) is 23.4 Å². The zero-order valence-electron chi connectivity index (χ0n) is 7.49. The minimum Gasteiger partial charge on any atom is -0.370 e. The van der Waals surface area contributed by atoms with Gasteiger partial charge in [0.25, 0.3) is 0 Å². The smallest absolute Gasteiger partial charge is 0.194 e. The summed E-state index contributed by atoms with van der Waals surface area (Å²) in [5, 5.41) is 3.00. The lowest BCUT2D eigenvalue weighted by atomic mass is 9.93. The maximum Gasteiger partial charge on any atom is 0.194 e. The number of nitrogens with zero attached hydrogens (tertiary/aromatic N) is 1. The maximum absolute atomic E-state index is 5.63. The van der Waals surface area contributed by atoms with E-state index in [1.165, 1.54) is 5.70 Å². The van der Waals surface area contributed by atoms with E-state index in [4.69, 9.17) is 5.73 Å². The van der Waals surface area contributed by atoms with Crippen molar-refractivity contribution >= 4 is 18.6 Å². The zero-order valence-corrected chi connectivity index (χ0v) is 8.38. The number of nitrogens with two attached hydrogens (primary N) is 1. The lowest BCUT2D eigenvalue weighted by molar-refractivity contribution is 0.630. The van der Waals surface area contributed by atoms with Crippen molar-refractivity contribution in [1.29, 1.82) is 0 Å². The second-order valence-electron chi connectivity index (χ2n) is 3.42. The quantitative estimate of drug-likeness (QED) is 0.505. The van der Waals surface area contributed by atoms with Crippen molar-refractivity contribution in [3.63, 3.8) is 0 Å². The molecule has 0 fully saturated rings. The van der Waals surface area contributed by atoms with Gasteiger partial charge in [0.15, 0.2) is 5.96 Å². The summed E-state index contributed by atoms with van der Waals surface area (Å²) in [6, 6.07) is 0. The van der Waals surface area contributed by atoms with Crippen LogP contribution in [-0.4, -0.2) is 11.3 Å². The Bertz CT molecular complexity index is 317. The second kappa shape index (κ2) is 3.10. The molecule has 13 heavy (non-hydrogen) atoms. The first-order valence-electron chi connectivity index (χ1n) is 4.37. The van der Waals surface area contributed by atoms with Crippen LogP contribution in [0.3, 0.4) is 0 Å². The SMILES string of the molecule is C[C@H]1CC=CC2=C1NC(N)=NC2S. The topological polar surface area (TPSA) is 50.4 Å². The van der Waals surface area contributed by atoms with Crippen molar-refractivity contribution in [3.8, 4) is 0 Å². The van der Waals surface area contributed by atoms with E-state index in [2.05, 4.69) is 42.0 Å². The van der Waals surface area contributed by atoms with E-state index in [0.717, 1.165) is 12.0 Å². The maximum atomic E-state index is 5.63. The summed E-state index contributed by atoms with van der Waals surface area (Å²) in [5.41, 5.74) is 7.95. The third-order valence-electron chi connectivity index (χ3n) is 2.39. The largest absolute Gasteiger partial charge is 0.370 e. The number of allylic oxidation sites excluding steroid dienone is 2. The lowest BCUT2D eigenvalue weighted by Gasteiger charge is -2.28. The monoisotopic (exact) mass is 195 g/mol. The van der Waals surface area contributed by atoms with E-state index in [1.807, 2.05) is 0 Å². The van der Waals surface area contributed by atoms with Gasteiger partial charge in [0.1, 0.15) is 5.37 Å². The molecule has 1 aliphatic carbocycles. The lowest BCUT2D eigenvalue weighted by Crippen LogP contribution is -2.39. The van der Waals surface area contributed by atoms with Gasteiger partial charge in [0, 0.05) is 17.2 Å². The highest BCUT2D eigenvalue weighted by molar-refractivity contribution is 7.81. The molecular weight excluding hydrogens is 182 g/mol. The molecule has 1 heterocycles. The van der Waals surface area contributed by atoms with Crippen LogP contribution in [0.1, 0.15) is 13.3 Å². The van der Waals surface area contributed by atoms with Crippen molar-refractivity contribution in [2.24, 2.45) is 16.6 Å². The third kappa shape index (κ3) is 1.46. The van der Waals surface area contributed by atoms with Crippen LogP contribution in [0, 0.1) is 5.92 Å². The average Bonchev–Trinajstić information content (AvgIpc) is 2.07. The number of rotatable bonds is 0. The van der Waals surface area contributed by atoms with Gasteiger partial charge in [-0.1, -0.05) is 19.1 Å². The molecule has 0 saturated heterocycles. The van der Waals surface area contributed by atoms with E-state index in [9.17, 15) is 0 Å². The molecule has 3 nitrogen and oxygen atoms in total. The molecule has 3 N–H and O–H groups in total. The van der Waals surface area contributed by atoms with Crippen LogP contribution in [-0.2, 0) is 0 Å². The minimum atomic E-state index is -0.102. The molecule has 0 saturated carbocycles. The molecule has 1 aliphatic heterocycles. The molecule has 2 rings (SSSR count). The molecule has 70 valence electrons. The fourth-order valence-electron chi connectivity index (χ4n) is 1.68. The highest BCUT2D eigenvalue weighted by Gasteiger charge is 2.24. The Hall–Kier alpha value is -0.900. The van der Waals surface area contributed by atoms with Crippen molar-refractivity contribution < 1.29 is 0 Å². The minimum absolute atomic E-state index is 0.102. The van der Waals surface area contributed by atoms with Crippen LogP contribution >= 0.6 is 12.6 Å². The zero-order chi connectivity index (χ0) is 9.42. The van der Waals surface area contributed by atoms with Crippen LogP contribution in [0.25, 0.3) is 0 Å². The van der Waals surface area contributed by atoms with Gasteiger partial charge in [-0.3, -0.25) is 0 Å². The van der Waals surface area contributed by atoms with Crippen molar-refractivity contribution in [2.45, 2.75) is 18.7 Å². The molecule has 2 atom stereocenters. The first-order valence-corrected chi connectivity index (χ1v) is 4.89. The number of nitrogens with one attached hydrogen (secondary N) is 1. The Morgan fingerprint density at radius 2 is 2.46 bits per heavy atom. The van der Waals surface area contributed by atoms with Crippen LogP contribution in [0.2, 0.25) is 0 Å². The molecule has 0 spiro atoms. The Labute approximate surface area is 83.2 Å². The summed E-state index contributed by atoms with van der Waals surface area (Å²) in [4.78, 5) is 4.14. The third-order valence-corrected chi connectivity index (χ3v) is 2.79. The number of hydrogen-bond donors (Lipinski definition) is 3.